The molecule has 3 N–H and O–H groups in total. The molecule has 2 aromatic carbocycles. The van der Waals surface area contributed by atoms with Gasteiger partial charge in [-0.25, -0.2) is 0 Å². The van der Waals surface area contributed by atoms with E-state index >= 15 is 0 Å². The lowest BCUT2D eigenvalue weighted by atomic mass is 10.00. The number of rotatable bonds is 6. The summed E-state index contributed by atoms with van der Waals surface area (Å²) in [5.41, 5.74) is 6.94. The van der Waals surface area contributed by atoms with Crippen LogP contribution in [-0.2, 0) is 6.42 Å². The average Bonchev–Trinajstić information content (AvgIpc) is 2.48. The van der Waals surface area contributed by atoms with Crippen LogP contribution >= 0.6 is 27.7 Å². The van der Waals surface area contributed by atoms with E-state index in [1.807, 2.05) is 17.8 Å². The van der Waals surface area contributed by atoms with E-state index in [9.17, 15) is 0 Å². The summed E-state index contributed by atoms with van der Waals surface area (Å²) in [4.78, 5) is 1.25. The standard InChI is InChI=1S/C17H21BrN2S/c1-12-7-8-13(2)14(9-12)10-15(20-19)11-21-17-6-4-3-5-16(17)18/h3-9,15,20H,10-11,19H2,1-2H3. The fourth-order valence-electron chi connectivity index (χ4n) is 2.20. The zero-order valence-corrected chi connectivity index (χ0v) is 14.8. The van der Waals surface area contributed by atoms with Crippen LogP contribution in [0.2, 0.25) is 0 Å². The summed E-state index contributed by atoms with van der Waals surface area (Å²) in [5.74, 6) is 6.67. The van der Waals surface area contributed by atoms with Crippen molar-refractivity contribution in [2.75, 3.05) is 5.75 Å². The predicted octanol–water partition coefficient (Wildman–Crippen LogP) is 4.23. The van der Waals surface area contributed by atoms with Gasteiger partial charge in [0.15, 0.2) is 0 Å². The number of nitrogens with two attached hydrogens (primary N) is 1. The molecule has 0 fully saturated rings. The normalized spacial score (nSPS) is 12.4. The van der Waals surface area contributed by atoms with Gasteiger partial charge in [-0.1, -0.05) is 35.9 Å². The molecule has 2 nitrogen and oxygen atoms in total. The molecule has 112 valence electrons. The first kappa shape index (κ1) is 16.6. The maximum absolute atomic E-state index is 5.74. The lowest BCUT2D eigenvalue weighted by Crippen LogP contribution is -2.38. The summed E-state index contributed by atoms with van der Waals surface area (Å²) in [6.45, 7) is 4.28. The first-order valence-corrected chi connectivity index (χ1v) is 8.77. The van der Waals surface area contributed by atoms with Crippen LogP contribution in [0.5, 0.6) is 0 Å². The third kappa shape index (κ3) is 4.85. The Balaban J connectivity index is 2.00. The van der Waals surface area contributed by atoms with Crippen LogP contribution in [-0.4, -0.2) is 11.8 Å². The molecule has 0 aromatic heterocycles. The van der Waals surface area contributed by atoms with Crippen molar-refractivity contribution in [1.82, 2.24) is 5.43 Å². The molecule has 0 saturated carbocycles. The summed E-state index contributed by atoms with van der Waals surface area (Å²) in [7, 11) is 0. The summed E-state index contributed by atoms with van der Waals surface area (Å²) in [5, 5.41) is 0. The highest BCUT2D eigenvalue weighted by molar-refractivity contribution is 9.10. The van der Waals surface area contributed by atoms with Crippen molar-refractivity contribution in [3.05, 3.63) is 63.6 Å². The number of hydrazine groups is 1. The number of hydrogen-bond donors (Lipinski definition) is 2. The van der Waals surface area contributed by atoms with E-state index in [1.54, 1.807) is 0 Å². The quantitative estimate of drug-likeness (QED) is 0.457. The van der Waals surface area contributed by atoms with Crippen molar-refractivity contribution in [2.45, 2.75) is 31.2 Å². The van der Waals surface area contributed by atoms with Crippen molar-refractivity contribution in [1.29, 1.82) is 0 Å². The van der Waals surface area contributed by atoms with Gasteiger partial charge in [0, 0.05) is 21.2 Å². The number of hydrogen-bond acceptors (Lipinski definition) is 3. The van der Waals surface area contributed by atoms with Crippen LogP contribution in [0.1, 0.15) is 16.7 Å². The van der Waals surface area contributed by atoms with Crippen LogP contribution in [0, 0.1) is 13.8 Å². The minimum atomic E-state index is 0.252. The van der Waals surface area contributed by atoms with Crippen molar-refractivity contribution < 1.29 is 0 Å². The van der Waals surface area contributed by atoms with E-state index in [4.69, 9.17) is 5.84 Å². The Morgan fingerprint density at radius 1 is 1.19 bits per heavy atom. The largest absolute Gasteiger partial charge is 0.271 e. The van der Waals surface area contributed by atoms with Crippen molar-refractivity contribution in [3.63, 3.8) is 0 Å². The lowest BCUT2D eigenvalue weighted by molar-refractivity contribution is 0.574. The zero-order valence-electron chi connectivity index (χ0n) is 12.4. The third-order valence-electron chi connectivity index (χ3n) is 3.48. The van der Waals surface area contributed by atoms with Crippen LogP contribution in [0.4, 0.5) is 0 Å². The first-order chi connectivity index (χ1) is 10.1. The molecule has 1 atom stereocenters. The number of nitrogens with one attached hydrogen (secondary N) is 1. The fourth-order valence-corrected chi connectivity index (χ4v) is 3.81. The number of halogens is 1. The molecule has 2 aromatic rings. The molecule has 0 saturated heterocycles. The van der Waals surface area contributed by atoms with E-state index in [0.29, 0.717) is 0 Å². The van der Waals surface area contributed by atoms with Gasteiger partial charge in [0.2, 0.25) is 0 Å². The van der Waals surface area contributed by atoms with Gasteiger partial charge in [0.1, 0.15) is 0 Å². The van der Waals surface area contributed by atoms with Gasteiger partial charge in [-0.3, -0.25) is 11.3 Å². The van der Waals surface area contributed by atoms with Gasteiger partial charge >= 0.3 is 0 Å². The zero-order chi connectivity index (χ0) is 15.2. The second kappa shape index (κ2) is 7.99. The second-order valence-electron chi connectivity index (χ2n) is 5.24. The van der Waals surface area contributed by atoms with Crippen LogP contribution in [0.15, 0.2) is 51.8 Å². The van der Waals surface area contributed by atoms with Gasteiger partial charge in [0.05, 0.1) is 0 Å². The Morgan fingerprint density at radius 2 is 1.95 bits per heavy atom. The lowest BCUT2D eigenvalue weighted by Gasteiger charge is -2.17. The number of benzene rings is 2. The monoisotopic (exact) mass is 364 g/mol. The third-order valence-corrected chi connectivity index (χ3v) is 5.67. The Labute approximate surface area is 139 Å². The molecule has 0 aliphatic heterocycles. The van der Waals surface area contributed by atoms with E-state index in [0.717, 1.165) is 16.6 Å². The molecular weight excluding hydrogens is 344 g/mol. The van der Waals surface area contributed by atoms with Crippen LogP contribution in [0.25, 0.3) is 0 Å². The summed E-state index contributed by atoms with van der Waals surface area (Å²) >= 11 is 5.40. The van der Waals surface area contributed by atoms with Gasteiger partial charge in [-0.05, 0) is 59.5 Å². The van der Waals surface area contributed by atoms with Gasteiger partial charge < -0.3 is 0 Å². The Morgan fingerprint density at radius 3 is 2.67 bits per heavy atom. The fraction of sp³-hybridized carbons (Fsp3) is 0.294. The van der Waals surface area contributed by atoms with E-state index in [-0.39, 0.29) is 6.04 Å². The SMILES string of the molecule is Cc1ccc(C)c(CC(CSc2ccccc2Br)NN)c1. The van der Waals surface area contributed by atoms with Crippen molar-refractivity contribution in [2.24, 2.45) is 5.84 Å². The molecule has 0 aliphatic carbocycles. The molecule has 0 bridgehead atoms. The maximum Gasteiger partial charge on any atom is 0.0345 e. The molecule has 0 amide bonds. The summed E-state index contributed by atoms with van der Waals surface area (Å²) < 4.78 is 1.14. The maximum atomic E-state index is 5.74. The molecule has 2 rings (SSSR count). The van der Waals surface area contributed by atoms with Crippen molar-refractivity contribution in [3.8, 4) is 0 Å². The topological polar surface area (TPSA) is 38.0 Å². The van der Waals surface area contributed by atoms with Gasteiger partial charge in [-0.15, -0.1) is 11.8 Å². The summed E-state index contributed by atoms with van der Waals surface area (Å²) in [6.07, 6.45) is 0.946. The van der Waals surface area contributed by atoms with Gasteiger partial charge in [0.25, 0.3) is 0 Å². The number of aryl methyl sites for hydroxylation is 2. The van der Waals surface area contributed by atoms with E-state index < -0.39 is 0 Å². The predicted molar refractivity (Wildman–Crippen MR) is 95.6 cm³/mol. The molecule has 0 aliphatic rings. The molecule has 0 spiro atoms. The molecule has 0 heterocycles. The van der Waals surface area contributed by atoms with Crippen molar-refractivity contribution >= 4 is 27.7 Å². The molecular formula is C17H21BrN2S. The van der Waals surface area contributed by atoms with Gasteiger partial charge in [-0.2, -0.15) is 0 Å². The summed E-state index contributed by atoms with van der Waals surface area (Å²) in [6, 6.07) is 15.1. The van der Waals surface area contributed by atoms with E-state index in [2.05, 4.69) is 71.6 Å². The highest BCUT2D eigenvalue weighted by Gasteiger charge is 2.11. The Hall–Kier alpha value is -0.810. The van der Waals surface area contributed by atoms with Crippen LogP contribution < -0.4 is 11.3 Å². The smallest absolute Gasteiger partial charge is 0.0345 e. The minimum Gasteiger partial charge on any atom is -0.271 e. The molecule has 4 heteroatoms. The van der Waals surface area contributed by atoms with E-state index in [1.165, 1.54) is 21.6 Å². The number of thioether (sulfide) groups is 1. The highest BCUT2D eigenvalue weighted by Crippen LogP contribution is 2.28. The van der Waals surface area contributed by atoms with Crippen LogP contribution in [0.3, 0.4) is 0 Å². The molecule has 0 radical (unpaired) electrons. The average molecular weight is 365 g/mol. The molecule has 21 heavy (non-hydrogen) atoms. The highest BCUT2D eigenvalue weighted by atomic mass is 79.9. The Kier molecular flexibility index (Phi) is 6.30. The Bertz CT molecular complexity index is 601. The minimum absolute atomic E-state index is 0.252. The first-order valence-electron chi connectivity index (χ1n) is 6.99. The molecule has 1 unspecified atom stereocenters. The second-order valence-corrected chi connectivity index (χ2v) is 7.16.